The van der Waals surface area contributed by atoms with E-state index >= 15 is 0 Å². The van der Waals surface area contributed by atoms with Gasteiger partial charge in [0.15, 0.2) is 0 Å². The zero-order valence-electron chi connectivity index (χ0n) is 16.8. The molecule has 0 saturated carbocycles. The molecule has 0 aliphatic heterocycles. The van der Waals surface area contributed by atoms with Gasteiger partial charge in [0, 0.05) is 17.1 Å². The van der Waals surface area contributed by atoms with Crippen LogP contribution in [0.3, 0.4) is 0 Å². The summed E-state index contributed by atoms with van der Waals surface area (Å²) in [6, 6.07) is 4.18. The van der Waals surface area contributed by atoms with Gasteiger partial charge in [0.1, 0.15) is 12.1 Å². The summed E-state index contributed by atoms with van der Waals surface area (Å²) in [6.07, 6.45) is 1.48. The first-order valence-corrected chi connectivity index (χ1v) is 9.52. The summed E-state index contributed by atoms with van der Waals surface area (Å²) < 4.78 is 0. The Kier molecular flexibility index (Phi) is 7.54. The number of hydrogen-bond donors (Lipinski definition) is 6. The molecule has 1 aromatic heterocycles. The Morgan fingerprint density at radius 3 is 2.37 bits per heavy atom. The molecule has 0 aliphatic rings. The number of aliphatic carboxylic acids is 1. The van der Waals surface area contributed by atoms with E-state index in [4.69, 9.17) is 16.6 Å². The molecule has 2 rings (SSSR count). The molecule has 10 heteroatoms. The molecule has 3 atom stereocenters. The molecule has 3 unspecified atom stereocenters. The molecule has 10 nitrogen and oxygen atoms in total. The highest BCUT2D eigenvalue weighted by molar-refractivity contribution is 5.93. The van der Waals surface area contributed by atoms with Crippen molar-refractivity contribution in [2.75, 3.05) is 0 Å². The molecule has 1 aromatic carbocycles. The number of primary amides is 1. The first kappa shape index (κ1) is 22.9. The number of carbonyl (C=O) groups is 4. The molecule has 8 N–H and O–H groups in total. The fourth-order valence-electron chi connectivity index (χ4n) is 3.09. The molecule has 0 aliphatic carbocycles. The molecular formula is C20H27N5O5. The largest absolute Gasteiger partial charge is 0.480 e. The van der Waals surface area contributed by atoms with Crippen molar-refractivity contribution in [3.05, 3.63) is 36.0 Å². The smallest absolute Gasteiger partial charge is 0.326 e. The maximum Gasteiger partial charge on any atom is 0.326 e. The summed E-state index contributed by atoms with van der Waals surface area (Å²) in [5, 5.41) is 14.9. The number of carboxylic acids is 1. The zero-order chi connectivity index (χ0) is 22.4. The third-order valence-electron chi connectivity index (χ3n) is 4.72. The van der Waals surface area contributed by atoms with E-state index in [1.54, 1.807) is 20.0 Å². The van der Waals surface area contributed by atoms with Crippen LogP contribution in [0.25, 0.3) is 10.9 Å². The Labute approximate surface area is 173 Å². The SMILES string of the molecule is CC(C)C(NC(=O)C(N)Cc1c[nH]c2ccccc12)C(=O)NC(CC(N)=O)C(=O)O. The number of aromatic amines is 1. The van der Waals surface area contributed by atoms with Gasteiger partial charge in [0.25, 0.3) is 0 Å². The molecule has 0 saturated heterocycles. The van der Waals surface area contributed by atoms with E-state index in [1.807, 2.05) is 24.3 Å². The second-order valence-corrected chi connectivity index (χ2v) is 7.47. The number of nitrogens with one attached hydrogen (secondary N) is 3. The van der Waals surface area contributed by atoms with Crippen molar-refractivity contribution >= 4 is 34.6 Å². The molecule has 3 amide bonds. The number of para-hydroxylation sites is 1. The second kappa shape index (κ2) is 9.88. The molecule has 30 heavy (non-hydrogen) atoms. The van der Waals surface area contributed by atoms with Crippen LogP contribution in [0.5, 0.6) is 0 Å². The molecule has 0 radical (unpaired) electrons. The number of aromatic nitrogens is 1. The van der Waals surface area contributed by atoms with E-state index in [-0.39, 0.29) is 12.3 Å². The van der Waals surface area contributed by atoms with Gasteiger partial charge in [0.05, 0.1) is 12.5 Å². The van der Waals surface area contributed by atoms with Crippen LogP contribution >= 0.6 is 0 Å². The fraction of sp³-hybridized carbons (Fsp3) is 0.400. The van der Waals surface area contributed by atoms with Gasteiger partial charge >= 0.3 is 5.97 Å². The Morgan fingerprint density at radius 2 is 1.77 bits per heavy atom. The number of amides is 3. The maximum absolute atomic E-state index is 12.6. The van der Waals surface area contributed by atoms with Crippen LogP contribution in [0, 0.1) is 5.92 Å². The quantitative estimate of drug-likeness (QED) is 0.306. The van der Waals surface area contributed by atoms with Gasteiger partial charge in [0.2, 0.25) is 17.7 Å². The van der Waals surface area contributed by atoms with Crippen molar-refractivity contribution in [3.8, 4) is 0 Å². The van der Waals surface area contributed by atoms with Crippen LogP contribution in [0.1, 0.15) is 25.8 Å². The summed E-state index contributed by atoms with van der Waals surface area (Å²) in [5.74, 6) is -3.89. The maximum atomic E-state index is 12.6. The van der Waals surface area contributed by atoms with E-state index in [0.717, 1.165) is 16.5 Å². The van der Waals surface area contributed by atoms with Crippen LogP contribution < -0.4 is 22.1 Å². The monoisotopic (exact) mass is 417 g/mol. The van der Waals surface area contributed by atoms with E-state index in [1.165, 1.54) is 0 Å². The lowest BCUT2D eigenvalue weighted by Gasteiger charge is -2.25. The summed E-state index contributed by atoms with van der Waals surface area (Å²) in [6.45, 7) is 3.39. The normalized spacial score (nSPS) is 14.1. The molecule has 0 bridgehead atoms. The number of fused-ring (bicyclic) bond motifs is 1. The van der Waals surface area contributed by atoms with Crippen molar-refractivity contribution in [2.24, 2.45) is 17.4 Å². The Bertz CT molecular complexity index is 939. The number of carbonyl (C=O) groups excluding carboxylic acids is 3. The van der Waals surface area contributed by atoms with Gasteiger partial charge < -0.3 is 32.2 Å². The number of hydrogen-bond acceptors (Lipinski definition) is 5. The predicted molar refractivity (Wildman–Crippen MR) is 110 cm³/mol. The second-order valence-electron chi connectivity index (χ2n) is 7.47. The molecule has 0 fully saturated rings. The molecule has 0 spiro atoms. The highest BCUT2D eigenvalue weighted by Crippen LogP contribution is 2.18. The van der Waals surface area contributed by atoms with Crippen LogP contribution in [-0.2, 0) is 25.6 Å². The highest BCUT2D eigenvalue weighted by atomic mass is 16.4. The minimum absolute atomic E-state index is 0.252. The van der Waals surface area contributed by atoms with E-state index in [2.05, 4.69) is 15.6 Å². The van der Waals surface area contributed by atoms with Crippen molar-refractivity contribution in [2.45, 2.75) is 44.8 Å². The minimum atomic E-state index is -1.48. The first-order valence-electron chi connectivity index (χ1n) is 9.52. The Balaban J connectivity index is 2.05. The summed E-state index contributed by atoms with van der Waals surface area (Å²) in [7, 11) is 0. The fourth-order valence-corrected chi connectivity index (χ4v) is 3.09. The molecular weight excluding hydrogens is 390 g/mol. The van der Waals surface area contributed by atoms with Gasteiger partial charge in [-0.15, -0.1) is 0 Å². The van der Waals surface area contributed by atoms with E-state index in [9.17, 15) is 19.2 Å². The first-order chi connectivity index (χ1) is 14.1. The van der Waals surface area contributed by atoms with Gasteiger partial charge in [-0.2, -0.15) is 0 Å². The lowest BCUT2D eigenvalue weighted by atomic mass is 10.0. The highest BCUT2D eigenvalue weighted by Gasteiger charge is 2.30. The van der Waals surface area contributed by atoms with Gasteiger partial charge in [-0.05, 0) is 24.0 Å². The van der Waals surface area contributed by atoms with Crippen molar-refractivity contribution in [3.63, 3.8) is 0 Å². The Morgan fingerprint density at radius 1 is 1.10 bits per heavy atom. The predicted octanol–water partition coefficient (Wildman–Crippen LogP) is -0.377. The van der Waals surface area contributed by atoms with Crippen LogP contribution in [0.15, 0.2) is 30.5 Å². The van der Waals surface area contributed by atoms with Crippen molar-refractivity contribution < 1.29 is 24.3 Å². The Hall–Kier alpha value is -3.40. The molecule has 2 aromatic rings. The third kappa shape index (κ3) is 5.80. The lowest BCUT2D eigenvalue weighted by Crippen LogP contribution is -2.57. The molecule has 162 valence electrons. The zero-order valence-corrected chi connectivity index (χ0v) is 16.8. The minimum Gasteiger partial charge on any atom is -0.480 e. The van der Waals surface area contributed by atoms with Crippen LogP contribution in [0.2, 0.25) is 0 Å². The average Bonchev–Trinajstić information content (AvgIpc) is 3.07. The van der Waals surface area contributed by atoms with Gasteiger partial charge in [-0.25, -0.2) is 4.79 Å². The van der Waals surface area contributed by atoms with Crippen LogP contribution in [-0.4, -0.2) is 51.9 Å². The number of H-pyrrole nitrogens is 1. The standard InChI is InChI=1S/C20H27N5O5/c1-10(2)17(19(28)24-15(20(29)30)8-16(22)26)25-18(27)13(21)7-11-9-23-14-6-4-3-5-12(11)14/h3-6,9-10,13,15,17,23H,7-8,21H2,1-2H3,(H2,22,26)(H,24,28)(H,25,27)(H,29,30). The number of nitrogens with two attached hydrogens (primary N) is 2. The van der Waals surface area contributed by atoms with Gasteiger partial charge in [-0.3, -0.25) is 14.4 Å². The van der Waals surface area contributed by atoms with Crippen molar-refractivity contribution in [1.82, 2.24) is 15.6 Å². The topological polar surface area (TPSA) is 180 Å². The number of benzene rings is 1. The number of rotatable bonds is 10. The van der Waals surface area contributed by atoms with Crippen molar-refractivity contribution in [1.29, 1.82) is 0 Å². The van der Waals surface area contributed by atoms with Crippen LogP contribution in [0.4, 0.5) is 0 Å². The average molecular weight is 417 g/mol. The summed E-state index contributed by atoms with van der Waals surface area (Å²) in [4.78, 5) is 50.5. The molecule has 1 heterocycles. The summed E-state index contributed by atoms with van der Waals surface area (Å²) >= 11 is 0. The number of carboxylic acid groups (broad SMARTS) is 1. The third-order valence-corrected chi connectivity index (χ3v) is 4.72. The van der Waals surface area contributed by atoms with E-state index < -0.39 is 48.2 Å². The van der Waals surface area contributed by atoms with E-state index in [0.29, 0.717) is 0 Å². The lowest BCUT2D eigenvalue weighted by molar-refractivity contribution is -0.144. The summed E-state index contributed by atoms with van der Waals surface area (Å²) in [5.41, 5.74) is 12.9. The van der Waals surface area contributed by atoms with Gasteiger partial charge in [-0.1, -0.05) is 32.0 Å².